The van der Waals surface area contributed by atoms with Gasteiger partial charge in [0, 0.05) is 17.0 Å². The van der Waals surface area contributed by atoms with E-state index in [0.29, 0.717) is 0 Å². The molecule has 0 amide bonds. The van der Waals surface area contributed by atoms with Crippen molar-refractivity contribution in [2.75, 3.05) is 10.9 Å². The van der Waals surface area contributed by atoms with Crippen LogP contribution in [0.5, 0.6) is 5.75 Å². The average Bonchev–Trinajstić information content (AvgIpc) is 2.54. The van der Waals surface area contributed by atoms with Crippen LogP contribution in [0.2, 0.25) is 0 Å². The van der Waals surface area contributed by atoms with Crippen LogP contribution < -0.4 is 4.74 Å². The molecule has 3 heteroatoms. The summed E-state index contributed by atoms with van der Waals surface area (Å²) in [4.78, 5) is 0. The second-order valence-corrected chi connectivity index (χ2v) is 3.40. The predicted molar refractivity (Wildman–Crippen MR) is 89.8 cm³/mol. The highest BCUT2D eigenvalue weighted by Gasteiger charge is 1.94. The number of benzene rings is 1. The summed E-state index contributed by atoms with van der Waals surface area (Å²) in [7, 11) is 0. The van der Waals surface area contributed by atoms with E-state index in [4.69, 9.17) is 23.6 Å². The van der Waals surface area contributed by atoms with Crippen LogP contribution in [-0.2, 0) is 0 Å². The zero-order chi connectivity index (χ0) is 22.9. The van der Waals surface area contributed by atoms with E-state index >= 15 is 0 Å². The summed E-state index contributed by atoms with van der Waals surface area (Å²) in [6.45, 7) is -7.94. The lowest BCUT2D eigenvalue weighted by atomic mass is 10.3. The highest BCUT2D eigenvalue weighted by Crippen LogP contribution is 2.06. The molecule has 0 radical (unpaired) electrons. The number of para-hydroxylation sites is 1. The molecule has 2 nitrogen and oxygen atoms in total. The number of halogens is 1. The van der Waals surface area contributed by atoms with E-state index in [1.807, 2.05) is 0 Å². The molecule has 1 aromatic carbocycles. The molecule has 0 saturated carbocycles. The second kappa shape index (κ2) is 13.1. The van der Waals surface area contributed by atoms with Crippen molar-refractivity contribution in [2.45, 2.75) is 13.7 Å². The summed E-state index contributed by atoms with van der Waals surface area (Å²) in [5, 5.41) is 8.58. The molecule has 0 spiro atoms. The number of aliphatic hydroxyl groups excluding tert-OH is 1. The number of aliphatic hydroxyl groups is 1. The fourth-order valence-electron chi connectivity index (χ4n) is 0.931. The van der Waals surface area contributed by atoms with Crippen molar-refractivity contribution in [2.24, 2.45) is 0 Å². The van der Waals surface area contributed by atoms with Gasteiger partial charge in [0.15, 0.2) is 0 Å². The molecular formula is C16H20IO2+. The van der Waals surface area contributed by atoms with Crippen LogP contribution in [0.25, 0.3) is 0 Å². The second-order valence-electron chi connectivity index (χ2n) is 2.86. The van der Waals surface area contributed by atoms with Crippen molar-refractivity contribution in [3.63, 3.8) is 0 Å². The normalized spacial score (nSPS) is 21.6. The Morgan fingerprint density at radius 3 is 2.47 bits per heavy atom. The van der Waals surface area contributed by atoms with Crippen molar-refractivity contribution < 1.29 is 23.6 Å². The molecule has 0 saturated heterocycles. The van der Waals surface area contributed by atoms with Gasteiger partial charge in [-0.2, -0.15) is 0 Å². The SMILES string of the molecule is OC1=CC=CC=[C+]1.[2H]C([2H])([2H])C([2H])([2H])I.[2H]C([2H])([2H])C([2H])([2H])Oc1ccccc1. The highest BCUT2D eigenvalue weighted by molar-refractivity contribution is 14.1. The maximum atomic E-state index is 8.58. The van der Waals surface area contributed by atoms with Gasteiger partial charge in [0.05, 0.1) is 27.5 Å². The standard InChI is InChI=1S/C8H10O.C6H4O.C2H5I/c1-2-9-8-6-4-3-5-7-8;7-6-4-2-1-3-5-6;1-2-3/h3-7H,2H2,1H3;1-4H;2H2,1H3/p+1/i1D3,2D2;;1D3,2D2. The first kappa shape index (κ1) is 6.91. The predicted octanol–water partition coefficient (Wildman–Crippen LogP) is 4.88. The van der Waals surface area contributed by atoms with Crippen molar-refractivity contribution in [3.8, 4) is 5.75 Å². The molecule has 0 atom stereocenters. The highest BCUT2D eigenvalue weighted by atomic mass is 127. The Hall–Kier alpha value is -1.32. The first-order valence-electron chi connectivity index (χ1n) is 10.1. The van der Waals surface area contributed by atoms with Gasteiger partial charge in [0.2, 0.25) is 0 Å². The molecule has 1 N–H and O–H groups in total. The molecule has 0 aromatic heterocycles. The molecule has 1 aliphatic rings. The minimum atomic E-state index is -2.79. The number of alkyl halides is 1. The van der Waals surface area contributed by atoms with Gasteiger partial charge < -0.3 is 9.84 Å². The number of ether oxygens (including phenoxy) is 1. The Morgan fingerprint density at radius 1 is 1.32 bits per heavy atom. The van der Waals surface area contributed by atoms with Gasteiger partial charge in [-0.05, 0) is 23.4 Å². The maximum absolute atomic E-state index is 8.58. The number of hydrogen-bond donors (Lipinski definition) is 1. The van der Waals surface area contributed by atoms with Crippen LogP contribution in [-0.4, -0.2) is 16.0 Å². The van der Waals surface area contributed by atoms with E-state index in [-0.39, 0.29) is 11.5 Å². The average molecular weight is 381 g/mol. The quantitative estimate of drug-likeness (QED) is 0.449. The van der Waals surface area contributed by atoms with E-state index in [0.717, 1.165) is 0 Å². The van der Waals surface area contributed by atoms with E-state index in [9.17, 15) is 0 Å². The molecule has 0 bridgehead atoms. The summed E-state index contributed by atoms with van der Waals surface area (Å²) in [5.41, 5.74) is 0. The Kier molecular flexibility index (Phi) is 4.77. The van der Waals surface area contributed by atoms with Crippen LogP contribution in [0, 0.1) is 6.08 Å². The Labute approximate surface area is 143 Å². The Bertz CT molecular complexity index is 689. The molecule has 1 aromatic rings. The molecule has 0 unspecified atom stereocenters. The Balaban J connectivity index is 0.000000444. The van der Waals surface area contributed by atoms with Crippen LogP contribution in [0.1, 0.15) is 27.4 Å². The third-order valence-electron chi connectivity index (χ3n) is 1.60. The molecule has 0 fully saturated rings. The lowest BCUT2D eigenvalue weighted by molar-refractivity contribution is 0.340. The largest absolute Gasteiger partial charge is 0.494 e. The monoisotopic (exact) mass is 381 g/mol. The lowest BCUT2D eigenvalue weighted by Crippen LogP contribution is -1.89. The van der Waals surface area contributed by atoms with Gasteiger partial charge in [-0.3, -0.25) is 0 Å². The van der Waals surface area contributed by atoms with Gasteiger partial charge in [-0.25, -0.2) is 0 Å². The van der Waals surface area contributed by atoms with E-state index in [2.05, 4.69) is 6.08 Å². The third-order valence-corrected chi connectivity index (χ3v) is 1.60. The molecule has 1 aliphatic carbocycles. The molecule has 2 rings (SSSR count). The van der Waals surface area contributed by atoms with Crippen molar-refractivity contribution in [1.29, 1.82) is 0 Å². The first-order valence-corrected chi connectivity index (χ1v) is 6.14. The van der Waals surface area contributed by atoms with Gasteiger partial charge in [0.1, 0.15) is 11.8 Å². The van der Waals surface area contributed by atoms with Crippen LogP contribution >= 0.6 is 22.6 Å². The van der Waals surface area contributed by atoms with E-state index in [1.54, 1.807) is 42.5 Å². The molecule has 102 valence electrons. The van der Waals surface area contributed by atoms with Crippen LogP contribution in [0.3, 0.4) is 0 Å². The minimum Gasteiger partial charge on any atom is -0.494 e. The van der Waals surface area contributed by atoms with Gasteiger partial charge in [0.25, 0.3) is 5.76 Å². The zero-order valence-electron chi connectivity index (χ0n) is 19.9. The maximum Gasteiger partial charge on any atom is 0.286 e. The van der Waals surface area contributed by atoms with Crippen LogP contribution in [0.4, 0.5) is 0 Å². The topological polar surface area (TPSA) is 29.5 Å². The Morgan fingerprint density at radius 2 is 2.05 bits per heavy atom. The third kappa shape index (κ3) is 11.5. The summed E-state index contributed by atoms with van der Waals surface area (Å²) >= 11 is 1.25. The molecular weight excluding hydrogens is 351 g/mol. The van der Waals surface area contributed by atoms with Gasteiger partial charge >= 0.3 is 0 Å². The zero-order valence-corrected chi connectivity index (χ0v) is 12.1. The number of allylic oxidation sites excluding steroid dienone is 5. The minimum absolute atomic E-state index is 0.197. The van der Waals surface area contributed by atoms with Gasteiger partial charge in [-0.15, -0.1) is 0 Å². The first-order chi connectivity index (χ1) is 13.0. The summed E-state index contributed by atoms with van der Waals surface area (Å²) in [6, 6.07) is 8.03. The van der Waals surface area contributed by atoms with Crippen molar-refractivity contribution in [3.05, 3.63) is 66.5 Å². The fourth-order valence-corrected chi connectivity index (χ4v) is 0.931. The summed E-state index contributed by atoms with van der Waals surface area (Å²) in [5.74, 6) is 0.399. The summed E-state index contributed by atoms with van der Waals surface area (Å²) < 4.78 is 70.7. The molecule has 19 heavy (non-hydrogen) atoms. The number of rotatable bonds is 2. The van der Waals surface area contributed by atoms with E-state index < -0.39 is 24.6 Å². The van der Waals surface area contributed by atoms with E-state index in [1.165, 1.54) is 34.7 Å². The van der Waals surface area contributed by atoms with Crippen molar-refractivity contribution >= 4 is 22.6 Å². The lowest BCUT2D eigenvalue weighted by Gasteiger charge is -1.99. The van der Waals surface area contributed by atoms with Crippen molar-refractivity contribution in [1.82, 2.24) is 0 Å². The van der Waals surface area contributed by atoms with Gasteiger partial charge in [-0.1, -0.05) is 47.6 Å². The fraction of sp³-hybridized carbons (Fsp3) is 0.250. The smallest absolute Gasteiger partial charge is 0.286 e. The van der Waals surface area contributed by atoms with Crippen LogP contribution in [0.15, 0.2) is 60.4 Å². The number of hydrogen-bond acceptors (Lipinski definition) is 2. The molecule has 0 heterocycles. The molecule has 0 aliphatic heterocycles. The summed E-state index contributed by atoms with van der Waals surface area (Å²) in [6.07, 6.45) is 9.39.